The van der Waals surface area contributed by atoms with Gasteiger partial charge in [0.25, 0.3) is 5.91 Å². The number of para-hydroxylation sites is 1. The van der Waals surface area contributed by atoms with E-state index in [1.807, 2.05) is 24.3 Å². The lowest BCUT2D eigenvalue weighted by Gasteiger charge is -1.77. The molecule has 1 amide bonds. The van der Waals surface area contributed by atoms with Gasteiger partial charge in [-0.05, 0) is 6.07 Å². The predicted molar refractivity (Wildman–Crippen MR) is 37.8 cm³/mol. The summed E-state index contributed by atoms with van der Waals surface area (Å²) < 4.78 is 0. The molecule has 2 heteroatoms. The molecule has 0 spiro atoms. The predicted octanol–water partition coefficient (Wildman–Crippen LogP) is -0.261. The van der Waals surface area contributed by atoms with Gasteiger partial charge >= 0.3 is 1.43 Å². The Morgan fingerprint density at radius 1 is 1.30 bits per heavy atom. The molecule has 0 N–H and O–H groups in total. The van der Waals surface area contributed by atoms with Gasteiger partial charge in [0, 0.05) is 11.3 Å². The maximum Gasteiger partial charge on any atom is 1.00 e. The van der Waals surface area contributed by atoms with Crippen LogP contribution in [0.15, 0.2) is 29.3 Å². The molecule has 0 aliphatic carbocycles. The number of carbonyl (C=O) groups is 1. The summed E-state index contributed by atoms with van der Waals surface area (Å²) in [5.74, 6) is -0.152. The van der Waals surface area contributed by atoms with Crippen LogP contribution in [-0.2, 0) is 4.79 Å². The van der Waals surface area contributed by atoms with Crippen molar-refractivity contribution in [3.8, 4) is 0 Å². The lowest BCUT2D eigenvalue weighted by molar-refractivity contribution is -0.112. The second kappa shape index (κ2) is 1.77. The third-order valence-corrected chi connectivity index (χ3v) is 1.45. The van der Waals surface area contributed by atoms with Gasteiger partial charge in [0.1, 0.15) is 0 Å². The van der Waals surface area contributed by atoms with Crippen LogP contribution < -0.4 is 10.6 Å². The van der Waals surface area contributed by atoms with E-state index in [0.717, 1.165) is 10.6 Å². The standard InChI is InChI=1S/C8H5NO/c10-8-5-6-3-1-2-4-7(6)9-8/h1-5H/p+1. The molecule has 1 aliphatic rings. The molecule has 1 aliphatic heterocycles. The van der Waals surface area contributed by atoms with Gasteiger partial charge in [0.05, 0.1) is 5.36 Å². The van der Waals surface area contributed by atoms with E-state index < -0.39 is 0 Å². The third kappa shape index (κ3) is 0.658. The first kappa shape index (κ1) is 5.35. The van der Waals surface area contributed by atoms with E-state index in [2.05, 4.69) is 4.99 Å². The van der Waals surface area contributed by atoms with Crippen molar-refractivity contribution in [1.82, 2.24) is 0 Å². The van der Waals surface area contributed by atoms with Gasteiger partial charge < -0.3 is 0 Å². The summed E-state index contributed by atoms with van der Waals surface area (Å²) in [5, 5.41) is 1.71. The van der Waals surface area contributed by atoms with E-state index >= 15 is 0 Å². The molecule has 1 heterocycles. The quantitative estimate of drug-likeness (QED) is 0.478. The van der Waals surface area contributed by atoms with Crippen LogP contribution in [0.25, 0.3) is 6.08 Å². The highest BCUT2D eigenvalue weighted by atomic mass is 16.1. The van der Waals surface area contributed by atoms with Crippen molar-refractivity contribution < 1.29 is 6.22 Å². The first-order valence-electron chi connectivity index (χ1n) is 3.06. The van der Waals surface area contributed by atoms with Gasteiger partial charge in [0.15, 0.2) is 0 Å². The molecule has 10 heavy (non-hydrogen) atoms. The Morgan fingerprint density at radius 2 is 2.10 bits per heavy atom. The average molecular weight is 132 g/mol. The van der Waals surface area contributed by atoms with Crippen molar-refractivity contribution >= 4 is 12.0 Å². The van der Waals surface area contributed by atoms with E-state index in [9.17, 15) is 4.79 Å². The zero-order chi connectivity index (χ0) is 6.97. The zero-order valence-corrected chi connectivity index (χ0v) is 5.24. The van der Waals surface area contributed by atoms with Crippen LogP contribution in [0.5, 0.6) is 0 Å². The van der Waals surface area contributed by atoms with E-state index in [1.54, 1.807) is 0 Å². The Bertz CT molecular complexity index is 360. The maximum absolute atomic E-state index is 10.7. The number of rotatable bonds is 0. The lowest BCUT2D eigenvalue weighted by Crippen LogP contribution is -2.19. The van der Waals surface area contributed by atoms with Crippen LogP contribution in [0.1, 0.15) is 1.43 Å². The highest BCUT2D eigenvalue weighted by Crippen LogP contribution is 1.81. The van der Waals surface area contributed by atoms with Gasteiger partial charge in [-0.1, -0.05) is 18.2 Å². The van der Waals surface area contributed by atoms with Crippen molar-refractivity contribution in [3.63, 3.8) is 0 Å². The molecular formula is C8H6NO+. The monoisotopic (exact) mass is 132 g/mol. The molecule has 2 nitrogen and oxygen atoms in total. The average Bonchev–Trinajstić information content (AvgIpc) is 2.27. The van der Waals surface area contributed by atoms with Crippen molar-refractivity contribution in [2.75, 3.05) is 0 Å². The van der Waals surface area contributed by atoms with Gasteiger partial charge in [0.2, 0.25) is 0 Å². The number of hydrogen-bond donors (Lipinski definition) is 0. The molecule has 2 rings (SSSR count). The number of amides is 1. The topological polar surface area (TPSA) is 29.4 Å². The Morgan fingerprint density at radius 3 is 2.90 bits per heavy atom. The number of hydrogen-bond acceptors (Lipinski definition) is 1. The lowest BCUT2D eigenvalue weighted by atomic mass is 10.3. The van der Waals surface area contributed by atoms with Crippen molar-refractivity contribution in [2.24, 2.45) is 4.99 Å². The Hall–Kier alpha value is -1.44. The molecule has 1 aromatic carbocycles. The minimum Gasteiger partial charge on any atom is -0.267 e. The fraction of sp³-hybridized carbons (Fsp3) is 0. The summed E-state index contributed by atoms with van der Waals surface area (Å²) in [4.78, 5) is 14.4. The molecule has 0 saturated heterocycles. The van der Waals surface area contributed by atoms with Crippen molar-refractivity contribution in [3.05, 3.63) is 34.8 Å². The number of carbonyl (C=O) groups excluding carboxylic acids is 1. The van der Waals surface area contributed by atoms with Gasteiger partial charge in [-0.15, -0.1) is 0 Å². The maximum atomic E-state index is 10.7. The molecule has 0 unspecified atom stereocenters. The highest BCUT2D eigenvalue weighted by Gasteiger charge is 1.99. The number of fused-ring (bicyclic) bond motifs is 1. The molecule has 0 fully saturated rings. The second-order valence-electron chi connectivity index (χ2n) is 2.15. The van der Waals surface area contributed by atoms with E-state index in [1.165, 1.54) is 6.08 Å². The summed E-state index contributed by atoms with van der Waals surface area (Å²) in [7, 11) is 0. The molecule has 0 radical (unpaired) electrons. The SMILES string of the molecule is O=C1C=c2ccccc2=N1.[H+]. The Balaban J connectivity index is 0.000000605. The molecule has 48 valence electrons. The van der Waals surface area contributed by atoms with Crippen LogP contribution in [0.2, 0.25) is 0 Å². The summed E-state index contributed by atoms with van der Waals surface area (Å²) in [6.45, 7) is 0. The zero-order valence-electron chi connectivity index (χ0n) is 6.24. The molecule has 0 saturated carbocycles. The van der Waals surface area contributed by atoms with Crippen molar-refractivity contribution in [2.45, 2.75) is 0 Å². The van der Waals surface area contributed by atoms with Crippen LogP contribution in [-0.4, -0.2) is 5.91 Å². The normalized spacial score (nSPS) is 13.8. The smallest absolute Gasteiger partial charge is 0.267 e. The van der Waals surface area contributed by atoms with Crippen LogP contribution >= 0.6 is 0 Å². The minimum atomic E-state index is -0.152. The number of benzene rings is 1. The van der Waals surface area contributed by atoms with E-state index in [0.29, 0.717) is 0 Å². The molecule has 1 aromatic rings. The molecule has 0 atom stereocenters. The third-order valence-electron chi connectivity index (χ3n) is 1.45. The van der Waals surface area contributed by atoms with Crippen molar-refractivity contribution in [1.29, 1.82) is 0 Å². The van der Waals surface area contributed by atoms with Gasteiger partial charge in [-0.2, -0.15) is 0 Å². The van der Waals surface area contributed by atoms with Crippen LogP contribution in [0.4, 0.5) is 0 Å². The summed E-state index contributed by atoms with van der Waals surface area (Å²) in [5.41, 5.74) is 0. The Kier molecular flexibility index (Phi) is 0.947. The first-order chi connectivity index (χ1) is 4.86. The van der Waals surface area contributed by atoms with Crippen LogP contribution in [0.3, 0.4) is 0 Å². The molecule has 0 bridgehead atoms. The Labute approximate surface area is 59.0 Å². The minimum absolute atomic E-state index is 0. The fourth-order valence-electron chi connectivity index (χ4n) is 0.995. The summed E-state index contributed by atoms with van der Waals surface area (Å²) in [6, 6.07) is 7.47. The first-order valence-corrected chi connectivity index (χ1v) is 3.06. The second-order valence-corrected chi connectivity index (χ2v) is 2.15. The molecular weight excluding hydrogens is 126 g/mol. The van der Waals surface area contributed by atoms with Gasteiger partial charge in [-0.3, -0.25) is 4.79 Å². The fourth-order valence-corrected chi connectivity index (χ4v) is 0.995. The van der Waals surface area contributed by atoms with Crippen LogP contribution in [0, 0.1) is 0 Å². The summed E-state index contributed by atoms with van der Waals surface area (Å²) >= 11 is 0. The van der Waals surface area contributed by atoms with E-state index in [4.69, 9.17) is 0 Å². The summed E-state index contributed by atoms with van der Waals surface area (Å²) in [6.07, 6.45) is 1.54. The van der Waals surface area contributed by atoms with E-state index in [-0.39, 0.29) is 7.33 Å². The highest BCUT2D eigenvalue weighted by molar-refractivity contribution is 6.06. The largest absolute Gasteiger partial charge is 1.00 e. The number of nitrogens with zero attached hydrogens (tertiary/aromatic N) is 1. The molecule has 0 aromatic heterocycles. The van der Waals surface area contributed by atoms with Gasteiger partial charge in [-0.25, -0.2) is 4.99 Å².